The number of carboxylic acids is 1. The van der Waals surface area contributed by atoms with Gasteiger partial charge in [-0.3, -0.25) is 14.6 Å². The number of benzene rings is 2. The van der Waals surface area contributed by atoms with E-state index in [0.29, 0.717) is 17.7 Å². The molecule has 2 atom stereocenters. The first-order valence-electron chi connectivity index (χ1n) is 13.5. The Kier molecular flexibility index (Phi) is 9.65. The van der Waals surface area contributed by atoms with Gasteiger partial charge in [-0.15, -0.1) is 0 Å². The van der Waals surface area contributed by atoms with Crippen LogP contribution >= 0.6 is 0 Å². The van der Waals surface area contributed by atoms with Crippen molar-refractivity contribution in [3.8, 4) is 22.4 Å². The molecule has 1 aliphatic heterocycles. The Morgan fingerprint density at radius 3 is 2.46 bits per heavy atom. The molecule has 0 unspecified atom stereocenters. The number of hydrogen-bond acceptors (Lipinski definition) is 6. The van der Waals surface area contributed by atoms with Gasteiger partial charge in [-0.2, -0.15) is 0 Å². The summed E-state index contributed by atoms with van der Waals surface area (Å²) in [7, 11) is 1.47. The van der Waals surface area contributed by atoms with Gasteiger partial charge in [0.05, 0.1) is 30.0 Å². The van der Waals surface area contributed by atoms with Gasteiger partial charge in [-0.1, -0.05) is 62.4 Å². The van der Waals surface area contributed by atoms with Crippen molar-refractivity contribution in [3.63, 3.8) is 0 Å². The third-order valence-electron chi connectivity index (χ3n) is 7.06. The Morgan fingerprint density at radius 1 is 1.10 bits per heavy atom. The van der Waals surface area contributed by atoms with E-state index in [4.69, 9.17) is 14.8 Å². The van der Waals surface area contributed by atoms with Gasteiger partial charge in [-0.05, 0) is 34.7 Å². The van der Waals surface area contributed by atoms with Gasteiger partial charge < -0.3 is 25.0 Å². The largest absolute Gasteiger partial charge is 0.481 e. The second kappa shape index (κ2) is 13.2. The highest BCUT2D eigenvalue weighted by atomic mass is 19.1. The molecule has 0 saturated carbocycles. The SMILES string of the molecule is COCC(=O)N1Cc2ccccc2-c2nc(C(C)C)c(C=C[C@@H](O)C[C@@H](O)CC(=O)O)c(-c3ccc(F)cc3)c2C1. The number of carboxylic acid groups (broad SMARTS) is 1. The Labute approximate surface area is 238 Å². The summed E-state index contributed by atoms with van der Waals surface area (Å²) in [5.41, 5.74) is 6.23. The average Bonchev–Trinajstić information content (AvgIpc) is 3.08. The van der Waals surface area contributed by atoms with Crippen LogP contribution in [0.4, 0.5) is 4.39 Å². The maximum atomic E-state index is 14.0. The minimum Gasteiger partial charge on any atom is -0.481 e. The molecule has 1 aliphatic rings. The molecule has 1 amide bonds. The number of nitrogens with zero attached hydrogens (tertiary/aromatic N) is 2. The van der Waals surface area contributed by atoms with Gasteiger partial charge in [0, 0.05) is 43.3 Å². The second-order valence-electron chi connectivity index (χ2n) is 10.5. The van der Waals surface area contributed by atoms with Crippen LogP contribution in [0.5, 0.6) is 0 Å². The molecule has 4 rings (SSSR count). The van der Waals surface area contributed by atoms with E-state index in [-0.39, 0.29) is 37.2 Å². The fourth-order valence-corrected chi connectivity index (χ4v) is 5.17. The number of ether oxygens (including phenoxy) is 1. The van der Waals surface area contributed by atoms with Crippen LogP contribution < -0.4 is 0 Å². The molecule has 3 aromatic rings. The lowest BCUT2D eigenvalue weighted by Gasteiger charge is -2.25. The highest BCUT2D eigenvalue weighted by Gasteiger charge is 2.29. The number of carbonyl (C=O) groups is 2. The van der Waals surface area contributed by atoms with Crippen LogP contribution in [-0.2, 0) is 27.4 Å². The van der Waals surface area contributed by atoms with Crippen LogP contribution in [0.2, 0.25) is 0 Å². The summed E-state index contributed by atoms with van der Waals surface area (Å²) < 4.78 is 19.2. The number of hydrogen-bond donors (Lipinski definition) is 3. The lowest BCUT2D eigenvalue weighted by atomic mass is 9.87. The van der Waals surface area contributed by atoms with Crippen molar-refractivity contribution < 1.29 is 34.0 Å². The summed E-state index contributed by atoms with van der Waals surface area (Å²) >= 11 is 0. The van der Waals surface area contributed by atoms with Crippen molar-refractivity contribution >= 4 is 18.0 Å². The molecule has 2 heterocycles. The summed E-state index contributed by atoms with van der Waals surface area (Å²) in [6, 6.07) is 13.9. The number of amides is 1. The lowest BCUT2D eigenvalue weighted by molar-refractivity contribution is -0.139. The molecule has 0 radical (unpaired) electrons. The Balaban J connectivity index is 1.96. The zero-order valence-corrected chi connectivity index (χ0v) is 23.4. The van der Waals surface area contributed by atoms with Gasteiger partial charge in [0.2, 0.25) is 5.91 Å². The second-order valence-corrected chi connectivity index (χ2v) is 10.5. The number of fused-ring (bicyclic) bond motifs is 3. The third-order valence-corrected chi connectivity index (χ3v) is 7.06. The maximum absolute atomic E-state index is 14.0. The summed E-state index contributed by atoms with van der Waals surface area (Å²) in [5, 5.41) is 29.6. The zero-order valence-electron chi connectivity index (χ0n) is 23.4. The summed E-state index contributed by atoms with van der Waals surface area (Å²) in [6.45, 7) is 4.51. The van der Waals surface area contributed by atoms with Crippen LogP contribution in [0.25, 0.3) is 28.5 Å². The molecule has 0 saturated heterocycles. The van der Waals surface area contributed by atoms with Crippen molar-refractivity contribution in [2.24, 2.45) is 0 Å². The Bertz CT molecular complexity index is 1440. The summed E-state index contributed by atoms with van der Waals surface area (Å²) in [4.78, 5) is 30.9. The molecular formula is C32H35FN2O6. The molecule has 41 heavy (non-hydrogen) atoms. The Hall–Kier alpha value is -3.92. The number of aliphatic carboxylic acids is 1. The smallest absolute Gasteiger partial charge is 0.305 e. The van der Waals surface area contributed by atoms with E-state index in [1.165, 1.54) is 25.3 Å². The van der Waals surface area contributed by atoms with Crippen LogP contribution in [0.15, 0.2) is 54.6 Å². The Morgan fingerprint density at radius 2 is 1.80 bits per heavy atom. The van der Waals surface area contributed by atoms with Gasteiger partial charge in [0.15, 0.2) is 0 Å². The number of pyridine rings is 1. The monoisotopic (exact) mass is 562 g/mol. The number of aliphatic hydroxyl groups excluding tert-OH is 2. The minimum atomic E-state index is -1.21. The standard InChI is InChI=1S/C32H35FN2O6/c1-19(2)31-26(13-12-23(36)14-24(37)15-29(39)40)30(20-8-10-22(33)11-9-20)27-17-35(28(38)18-41-3)16-21-6-4-5-7-25(21)32(27)34-31/h4-13,19,23-24,36-37H,14-18H2,1-3H3,(H,39,40)/t23-,24-/m1/s1. The van der Waals surface area contributed by atoms with E-state index >= 15 is 0 Å². The molecular weight excluding hydrogens is 527 g/mol. The average molecular weight is 563 g/mol. The number of aromatic nitrogens is 1. The van der Waals surface area contributed by atoms with Crippen molar-refractivity contribution in [1.82, 2.24) is 9.88 Å². The molecule has 3 N–H and O–H groups in total. The first kappa shape index (κ1) is 30.0. The van der Waals surface area contributed by atoms with Gasteiger partial charge in [-0.25, -0.2) is 4.39 Å². The topological polar surface area (TPSA) is 120 Å². The predicted molar refractivity (Wildman–Crippen MR) is 153 cm³/mol. The van der Waals surface area contributed by atoms with E-state index in [9.17, 15) is 24.2 Å². The van der Waals surface area contributed by atoms with Crippen LogP contribution in [0.1, 0.15) is 55.0 Å². The van der Waals surface area contributed by atoms with Gasteiger partial charge >= 0.3 is 5.97 Å². The highest BCUT2D eigenvalue weighted by molar-refractivity contribution is 5.87. The van der Waals surface area contributed by atoms with Crippen LogP contribution in [0, 0.1) is 5.82 Å². The number of aliphatic hydroxyl groups is 2. The zero-order chi connectivity index (χ0) is 29.7. The highest BCUT2D eigenvalue weighted by Crippen LogP contribution is 2.42. The number of methoxy groups -OCH3 is 1. The molecule has 0 bridgehead atoms. The summed E-state index contributed by atoms with van der Waals surface area (Å²) in [5.74, 6) is -1.78. The molecule has 8 nitrogen and oxygen atoms in total. The number of carbonyl (C=O) groups excluding carboxylic acids is 1. The minimum absolute atomic E-state index is 0.0458. The number of rotatable bonds is 10. The maximum Gasteiger partial charge on any atom is 0.305 e. The molecule has 2 aromatic carbocycles. The van der Waals surface area contributed by atoms with Gasteiger partial charge in [0.25, 0.3) is 0 Å². The third kappa shape index (κ3) is 7.05. The molecule has 0 spiro atoms. The molecule has 9 heteroatoms. The molecule has 1 aromatic heterocycles. The molecule has 0 aliphatic carbocycles. The van der Waals surface area contributed by atoms with E-state index in [2.05, 4.69) is 0 Å². The first-order chi connectivity index (χ1) is 19.6. The van der Waals surface area contributed by atoms with E-state index < -0.39 is 24.6 Å². The van der Waals surface area contributed by atoms with Crippen molar-refractivity contribution in [1.29, 1.82) is 0 Å². The van der Waals surface area contributed by atoms with E-state index in [0.717, 1.165) is 33.6 Å². The van der Waals surface area contributed by atoms with E-state index in [1.54, 1.807) is 23.1 Å². The molecule has 0 fully saturated rings. The number of halogens is 1. The molecule has 216 valence electrons. The van der Waals surface area contributed by atoms with Crippen molar-refractivity contribution in [2.75, 3.05) is 13.7 Å². The van der Waals surface area contributed by atoms with Crippen LogP contribution in [-0.4, -0.2) is 63.0 Å². The summed E-state index contributed by atoms with van der Waals surface area (Å²) in [6.07, 6.45) is 0.258. The lowest BCUT2D eigenvalue weighted by Crippen LogP contribution is -2.32. The normalized spacial score (nSPS) is 14.5. The fraction of sp³-hybridized carbons (Fsp3) is 0.344. The fourth-order valence-electron chi connectivity index (χ4n) is 5.17. The van der Waals surface area contributed by atoms with E-state index in [1.807, 2.05) is 38.1 Å². The predicted octanol–water partition coefficient (Wildman–Crippen LogP) is 4.77. The van der Waals surface area contributed by atoms with Crippen molar-refractivity contribution in [2.45, 2.75) is 57.9 Å². The van der Waals surface area contributed by atoms with Gasteiger partial charge in [0.1, 0.15) is 12.4 Å². The first-order valence-corrected chi connectivity index (χ1v) is 13.5. The van der Waals surface area contributed by atoms with Crippen molar-refractivity contribution in [3.05, 3.63) is 82.8 Å². The quantitative estimate of drug-likeness (QED) is 0.326. The van der Waals surface area contributed by atoms with Crippen LogP contribution in [0.3, 0.4) is 0 Å².